The maximum Gasteiger partial charge on any atom is 0.223 e. The molecule has 3 atom stereocenters. The highest BCUT2D eigenvalue weighted by Gasteiger charge is 2.46. The lowest BCUT2D eigenvalue weighted by atomic mass is 9.68. The SMILES string of the molecule is CC(C)(C)[Si](O[C@H]1C[C@@H]2CC[C@H]1CC2=O)C(C)(C)C. The van der Waals surface area contributed by atoms with Crippen molar-refractivity contribution in [2.45, 2.75) is 83.4 Å². The average Bonchev–Trinajstić information content (AvgIpc) is 2.24. The normalized spacial score (nSPS) is 32.2. The van der Waals surface area contributed by atoms with Crippen molar-refractivity contribution in [3.8, 4) is 0 Å². The quantitative estimate of drug-likeness (QED) is 0.703. The van der Waals surface area contributed by atoms with E-state index in [-0.39, 0.29) is 10.1 Å². The molecule has 0 spiro atoms. The molecule has 3 aliphatic rings. The number of hydrogen-bond donors (Lipinski definition) is 0. The van der Waals surface area contributed by atoms with E-state index in [2.05, 4.69) is 41.5 Å². The van der Waals surface area contributed by atoms with Gasteiger partial charge < -0.3 is 4.43 Å². The van der Waals surface area contributed by atoms with Crippen LogP contribution in [0.5, 0.6) is 0 Å². The van der Waals surface area contributed by atoms with E-state index in [4.69, 9.17) is 4.43 Å². The smallest absolute Gasteiger partial charge is 0.223 e. The number of Topliss-reactive ketones (excluding diaryl/α,β-unsaturated/α-hetero) is 1. The monoisotopic (exact) mass is 281 g/mol. The van der Waals surface area contributed by atoms with Gasteiger partial charge in [-0.3, -0.25) is 4.79 Å². The van der Waals surface area contributed by atoms with E-state index in [1.807, 2.05) is 0 Å². The van der Waals surface area contributed by atoms with Crippen molar-refractivity contribution in [1.82, 2.24) is 0 Å². The van der Waals surface area contributed by atoms with Crippen LogP contribution in [-0.2, 0) is 9.22 Å². The van der Waals surface area contributed by atoms with Gasteiger partial charge in [-0.1, -0.05) is 41.5 Å². The summed E-state index contributed by atoms with van der Waals surface area (Å²) in [6.07, 6.45) is 4.42. The van der Waals surface area contributed by atoms with Crippen molar-refractivity contribution in [2.24, 2.45) is 11.8 Å². The van der Waals surface area contributed by atoms with Crippen molar-refractivity contribution in [2.75, 3.05) is 0 Å². The lowest BCUT2D eigenvalue weighted by Crippen LogP contribution is -2.48. The molecule has 0 saturated heterocycles. The predicted molar refractivity (Wildman–Crippen MR) is 80.5 cm³/mol. The second-order valence-corrected chi connectivity index (χ2v) is 12.3. The van der Waals surface area contributed by atoms with Crippen LogP contribution in [-0.4, -0.2) is 20.9 Å². The summed E-state index contributed by atoms with van der Waals surface area (Å²) < 4.78 is 6.65. The largest absolute Gasteiger partial charge is 0.412 e. The van der Waals surface area contributed by atoms with Gasteiger partial charge in [-0.15, -0.1) is 0 Å². The van der Waals surface area contributed by atoms with Crippen molar-refractivity contribution in [3.63, 3.8) is 0 Å². The van der Waals surface area contributed by atoms with E-state index in [9.17, 15) is 4.79 Å². The fourth-order valence-electron chi connectivity index (χ4n) is 3.92. The first-order chi connectivity index (χ1) is 8.59. The number of fused-ring (bicyclic) bond motifs is 3. The molecule has 0 aromatic rings. The van der Waals surface area contributed by atoms with Crippen LogP contribution in [0.25, 0.3) is 0 Å². The molecule has 2 nitrogen and oxygen atoms in total. The third-order valence-corrected chi connectivity index (χ3v) is 7.74. The second-order valence-electron chi connectivity index (χ2n) is 8.43. The lowest BCUT2D eigenvalue weighted by Gasteiger charge is -2.46. The molecule has 0 aromatic carbocycles. The molecular weight excluding hydrogens is 252 g/mol. The number of rotatable bonds is 2. The first-order valence-electron chi connectivity index (χ1n) is 7.66. The molecule has 1 radical (unpaired) electrons. The van der Waals surface area contributed by atoms with Gasteiger partial charge in [0.1, 0.15) is 5.78 Å². The van der Waals surface area contributed by atoms with Gasteiger partial charge in [-0.25, -0.2) is 0 Å². The van der Waals surface area contributed by atoms with Gasteiger partial charge >= 0.3 is 0 Å². The minimum Gasteiger partial charge on any atom is -0.412 e. The van der Waals surface area contributed by atoms with E-state index in [1.54, 1.807) is 0 Å². The third kappa shape index (κ3) is 3.30. The molecule has 109 valence electrons. The first kappa shape index (κ1) is 15.2. The summed E-state index contributed by atoms with van der Waals surface area (Å²) in [6, 6.07) is 0. The van der Waals surface area contributed by atoms with E-state index < -0.39 is 9.04 Å². The Morgan fingerprint density at radius 2 is 1.63 bits per heavy atom. The van der Waals surface area contributed by atoms with Gasteiger partial charge in [-0.05, 0) is 35.3 Å². The van der Waals surface area contributed by atoms with E-state index >= 15 is 0 Å². The maximum absolute atomic E-state index is 11.8. The summed E-state index contributed by atoms with van der Waals surface area (Å²) >= 11 is 0. The van der Waals surface area contributed by atoms with Gasteiger partial charge in [0, 0.05) is 18.4 Å². The molecule has 3 saturated carbocycles. The molecule has 2 bridgehead atoms. The standard InChI is InChI=1S/C16H29O2Si/c1-15(2,3)19(16(4,5)6)18-14-10-11-7-8-12(14)9-13(11)17/h11-12,14H,7-10H2,1-6H3/t11-,12-,14-/m0/s1. The summed E-state index contributed by atoms with van der Waals surface area (Å²) in [6.45, 7) is 13.8. The van der Waals surface area contributed by atoms with Crippen LogP contribution in [0, 0.1) is 11.8 Å². The Balaban J connectivity index is 2.09. The van der Waals surface area contributed by atoms with E-state index in [1.165, 1.54) is 6.42 Å². The van der Waals surface area contributed by atoms with Gasteiger partial charge in [0.05, 0.1) is 0 Å². The Labute approximate surface area is 120 Å². The zero-order valence-corrected chi connectivity index (χ0v) is 14.4. The predicted octanol–water partition coefficient (Wildman–Crippen LogP) is 4.35. The second kappa shape index (κ2) is 4.99. The fraction of sp³-hybridized carbons (Fsp3) is 0.938. The zero-order chi connectivity index (χ0) is 14.4. The fourth-order valence-corrected chi connectivity index (χ4v) is 7.47. The van der Waals surface area contributed by atoms with Crippen LogP contribution in [0.4, 0.5) is 0 Å². The van der Waals surface area contributed by atoms with Gasteiger partial charge in [0.15, 0.2) is 0 Å². The Morgan fingerprint density at radius 1 is 1.05 bits per heavy atom. The van der Waals surface area contributed by atoms with Crippen LogP contribution in [0.3, 0.4) is 0 Å². The molecule has 0 aromatic heterocycles. The number of carbonyl (C=O) groups is 1. The highest BCUT2D eigenvalue weighted by Crippen LogP contribution is 2.47. The summed E-state index contributed by atoms with van der Waals surface area (Å²) in [5.41, 5.74) is 0. The Kier molecular flexibility index (Phi) is 4.01. The van der Waals surface area contributed by atoms with Crippen molar-refractivity contribution < 1.29 is 9.22 Å². The van der Waals surface area contributed by atoms with Crippen molar-refractivity contribution >= 4 is 14.8 Å². The number of ketones is 1. The highest BCUT2D eigenvalue weighted by atomic mass is 28.3. The van der Waals surface area contributed by atoms with Gasteiger partial charge in [0.25, 0.3) is 0 Å². The average molecular weight is 281 g/mol. The van der Waals surface area contributed by atoms with Crippen LogP contribution in [0.2, 0.25) is 10.1 Å². The molecule has 0 amide bonds. The molecule has 3 aliphatic carbocycles. The molecule has 0 heterocycles. The number of hydrogen-bond acceptors (Lipinski definition) is 2. The third-order valence-electron chi connectivity index (χ3n) is 4.48. The van der Waals surface area contributed by atoms with Crippen LogP contribution < -0.4 is 0 Å². The van der Waals surface area contributed by atoms with Gasteiger partial charge in [-0.2, -0.15) is 0 Å². The summed E-state index contributed by atoms with van der Waals surface area (Å²) in [5, 5.41) is 0.479. The maximum atomic E-state index is 11.8. The Morgan fingerprint density at radius 3 is 2.00 bits per heavy atom. The summed E-state index contributed by atoms with van der Waals surface area (Å²) in [7, 11) is -0.925. The highest BCUT2D eigenvalue weighted by molar-refractivity contribution is 6.58. The van der Waals surface area contributed by atoms with Crippen LogP contribution >= 0.6 is 0 Å². The minimum absolute atomic E-state index is 0.240. The molecule has 0 unspecified atom stereocenters. The lowest BCUT2D eigenvalue weighted by molar-refractivity contribution is -0.134. The summed E-state index contributed by atoms with van der Waals surface area (Å²) in [5.74, 6) is 1.30. The Bertz CT molecular complexity index is 337. The molecule has 19 heavy (non-hydrogen) atoms. The molecule has 3 fully saturated rings. The van der Waals surface area contributed by atoms with Crippen LogP contribution in [0.15, 0.2) is 0 Å². The molecule has 0 aliphatic heterocycles. The Hall–Kier alpha value is -0.153. The minimum atomic E-state index is -0.925. The zero-order valence-electron chi connectivity index (χ0n) is 13.4. The molecular formula is C16H29O2Si. The van der Waals surface area contributed by atoms with Gasteiger partial charge in [0.2, 0.25) is 9.04 Å². The molecule has 3 rings (SSSR count). The topological polar surface area (TPSA) is 26.3 Å². The van der Waals surface area contributed by atoms with E-state index in [0.29, 0.717) is 23.7 Å². The van der Waals surface area contributed by atoms with Crippen molar-refractivity contribution in [1.29, 1.82) is 0 Å². The van der Waals surface area contributed by atoms with Crippen LogP contribution in [0.1, 0.15) is 67.2 Å². The molecule has 3 heteroatoms. The summed E-state index contributed by atoms with van der Waals surface area (Å²) in [4.78, 5) is 11.8. The van der Waals surface area contributed by atoms with E-state index in [0.717, 1.165) is 19.3 Å². The van der Waals surface area contributed by atoms with Crippen molar-refractivity contribution in [3.05, 3.63) is 0 Å². The molecule has 0 N–H and O–H groups in total. The number of carbonyl (C=O) groups excluding carboxylic acids is 1. The first-order valence-corrected chi connectivity index (χ1v) is 9.07.